The van der Waals surface area contributed by atoms with Crippen molar-refractivity contribution in [2.45, 2.75) is 24.2 Å². The fourth-order valence-corrected chi connectivity index (χ4v) is 3.57. The maximum absolute atomic E-state index is 12.2. The van der Waals surface area contributed by atoms with Crippen molar-refractivity contribution in [3.63, 3.8) is 0 Å². The highest BCUT2D eigenvalue weighted by molar-refractivity contribution is 7.89. The van der Waals surface area contributed by atoms with Crippen molar-refractivity contribution in [2.75, 3.05) is 38.5 Å². The molecule has 1 saturated heterocycles. The number of likely N-dealkylation sites (tertiary alicyclic amines) is 1. The Labute approximate surface area is 120 Å². The van der Waals surface area contributed by atoms with E-state index in [1.807, 2.05) is 0 Å². The lowest BCUT2D eigenvalue weighted by molar-refractivity contribution is 0.233. The molecular formula is C13H22N4O2S. The summed E-state index contributed by atoms with van der Waals surface area (Å²) in [4.78, 5) is 6.38. The van der Waals surface area contributed by atoms with Gasteiger partial charge < -0.3 is 10.2 Å². The minimum Gasteiger partial charge on any atom is -0.387 e. The first-order valence-corrected chi connectivity index (χ1v) is 8.45. The average molecular weight is 298 g/mol. The van der Waals surface area contributed by atoms with Gasteiger partial charge in [0.1, 0.15) is 4.90 Å². The number of hydrogen-bond acceptors (Lipinski definition) is 5. The highest BCUT2D eigenvalue weighted by Crippen LogP contribution is 2.18. The summed E-state index contributed by atoms with van der Waals surface area (Å²) in [6.07, 6.45) is 6.63. The second-order valence-electron chi connectivity index (χ2n) is 4.92. The molecule has 0 unspecified atom stereocenters. The molecule has 0 bridgehead atoms. The lowest BCUT2D eigenvalue weighted by Crippen LogP contribution is -2.37. The number of aromatic nitrogens is 1. The first kappa shape index (κ1) is 15.2. The predicted octanol–water partition coefficient (Wildman–Crippen LogP) is 0.887. The Hall–Kier alpha value is -1.18. The van der Waals surface area contributed by atoms with Crippen LogP contribution in [0.25, 0.3) is 0 Å². The van der Waals surface area contributed by atoms with Gasteiger partial charge in [0.2, 0.25) is 10.0 Å². The van der Waals surface area contributed by atoms with Crippen LogP contribution in [0.15, 0.2) is 23.4 Å². The fraction of sp³-hybridized carbons (Fsp3) is 0.615. The Morgan fingerprint density at radius 1 is 1.30 bits per heavy atom. The lowest BCUT2D eigenvalue weighted by Gasteiger charge is -2.26. The van der Waals surface area contributed by atoms with E-state index in [1.54, 1.807) is 19.3 Å². The van der Waals surface area contributed by atoms with Gasteiger partial charge in [-0.1, -0.05) is 6.42 Å². The highest BCUT2D eigenvalue weighted by atomic mass is 32.2. The average Bonchev–Trinajstić information content (AvgIpc) is 2.48. The van der Waals surface area contributed by atoms with Gasteiger partial charge in [-0.15, -0.1) is 0 Å². The van der Waals surface area contributed by atoms with Gasteiger partial charge in [-0.3, -0.25) is 4.98 Å². The summed E-state index contributed by atoms with van der Waals surface area (Å²) in [5.74, 6) is 0. The molecular weight excluding hydrogens is 276 g/mol. The number of piperidine rings is 1. The number of rotatable bonds is 6. The highest BCUT2D eigenvalue weighted by Gasteiger charge is 2.18. The topological polar surface area (TPSA) is 74.3 Å². The third-order valence-corrected chi connectivity index (χ3v) is 5.00. The molecule has 0 spiro atoms. The van der Waals surface area contributed by atoms with Gasteiger partial charge in [0.25, 0.3) is 0 Å². The van der Waals surface area contributed by atoms with Crippen LogP contribution in [0.4, 0.5) is 5.69 Å². The van der Waals surface area contributed by atoms with E-state index in [0.717, 1.165) is 19.6 Å². The monoisotopic (exact) mass is 298 g/mol. The molecule has 1 aromatic rings. The Bertz CT molecular complexity index is 527. The molecule has 6 nitrogen and oxygen atoms in total. The largest absolute Gasteiger partial charge is 0.387 e. The van der Waals surface area contributed by atoms with Crippen LogP contribution in [0.1, 0.15) is 19.3 Å². The van der Waals surface area contributed by atoms with Crippen molar-refractivity contribution >= 4 is 15.7 Å². The summed E-state index contributed by atoms with van der Waals surface area (Å²) in [6.45, 7) is 3.32. The summed E-state index contributed by atoms with van der Waals surface area (Å²) in [6, 6.07) is 1.65. The summed E-state index contributed by atoms with van der Waals surface area (Å²) >= 11 is 0. The van der Waals surface area contributed by atoms with Gasteiger partial charge in [0.15, 0.2) is 0 Å². The normalized spacial score (nSPS) is 17.1. The van der Waals surface area contributed by atoms with Gasteiger partial charge in [-0.25, -0.2) is 13.1 Å². The van der Waals surface area contributed by atoms with Crippen LogP contribution < -0.4 is 10.0 Å². The van der Waals surface area contributed by atoms with Crippen LogP contribution in [0, 0.1) is 0 Å². The minimum atomic E-state index is -3.51. The van der Waals surface area contributed by atoms with Crippen molar-refractivity contribution < 1.29 is 8.42 Å². The van der Waals surface area contributed by atoms with Crippen molar-refractivity contribution in [1.82, 2.24) is 14.6 Å². The molecule has 20 heavy (non-hydrogen) atoms. The SMILES string of the molecule is CNc1ccncc1S(=O)(=O)NCCN1CCCCC1. The Kier molecular flexibility index (Phi) is 5.33. The lowest BCUT2D eigenvalue weighted by atomic mass is 10.1. The maximum atomic E-state index is 12.2. The number of nitrogens with one attached hydrogen (secondary N) is 2. The molecule has 112 valence electrons. The molecule has 1 aliphatic heterocycles. The van der Waals surface area contributed by atoms with E-state index >= 15 is 0 Å². The second-order valence-corrected chi connectivity index (χ2v) is 6.66. The molecule has 2 rings (SSSR count). The second kappa shape index (κ2) is 7.01. The number of nitrogens with zero attached hydrogens (tertiary/aromatic N) is 2. The summed E-state index contributed by atoms with van der Waals surface area (Å²) < 4.78 is 27.1. The Morgan fingerprint density at radius 3 is 2.75 bits per heavy atom. The van der Waals surface area contributed by atoms with Crippen molar-refractivity contribution in [1.29, 1.82) is 0 Å². The van der Waals surface area contributed by atoms with E-state index < -0.39 is 10.0 Å². The maximum Gasteiger partial charge on any atom is 0.244 e. The van der Waals surface area contributed by atoms with Gasteiger partial charge in [0.05, 0.1) is 5.69 Å². The first-order chi connectivity index (χ1) is 9.63. The van der Waals surface area contributed by atoms with Crippen LogP contribution >= 0.6 is 0 Å². The first-order valence-electron chi connectivity index (χ1n) is 6.97. The van der Waals surface area contributed by atoms with E-state index in [-0.39, 0.29) is 4.90 Å². The molecule has 1 fully saturated rings. The molecule has 0 amide bonds. The molecule has 0 aromatic carbocycles. The van der Waals surface area contributed by atoms with Crippen molar-refractivity contribution in [3.05, 3.63) is 18.5 Å². The van der Waals surface area contributed by atoms with Gasteiger partial charge in [-0.2, -0.15) is 0 Å². The third kappa shape index (κ3) is 3.91. The molecule has 2 heterocycles. The minimum absolute atomic E-state index is 0.196. The smallest absolute Gasteiger partial charge is 0.244 e. The zero-order chi connectivity index (χ0) is 14.4. The van der Waals surface area contributed by atoms with Crippen LogP contribution in [0.2, 0.25) is 0 Å². The molecule has 0 atom stereocenters. The van der Waals surface area contributed by atoms with E-state index in [2.05, 4.69) is 19.9 Å². The van der Waals surface area contributed by atoms with Gasteiger partial charge >= 0.3 is 0 Å². The molecule has 0 saturated carbocycles. The van der Waals surface area contributed by atoms with E-state index in [9.17, 15) is 8.42 Å². The zero-order valence-electron chi connectivity index (χ0n) is 11.8. The molecule has 1 aliphatic rings. The van der Waals surface area contributed by atoms with Crippen molar-refractivity contribution in [2.24, 2.45) is 0 Å². The summed E-state index contributed by atoms with van der Waals surface area (Å²) in [7, 11) is -1.81. The Morgan fingerprint density at radius 2 is 2.05 bits per heavy atom. The van der Waals surface area contributed by atoms with E-state index in [1.165, 1.54) is 25.5 Å². The quantitative estimate of drug-likeness (QED) is 0.816. The van der Waals surface area contributed by atoms with Crippen LogP contribution in [0.3, 0.4) is 0 Å². The Balaban J connectivity index is 1.93. The molecule has 2 N–H and O–H groups in total. The molecule has 1 aromatic heterocycles. The van der Waals surface area contributed by atoms with Crippen LogP contribution in [-0.2, 0) is 10.0 Å². The van der Waals surface area contributed by atoms with Crippen molar-refractivity contribution in [3.8, 4) is 0 Å². The zero-order valence-corrected chi connectivity index (χ0v) is 12.6. The fourth-order valence-electron chi connectivity index (χ4n) is 2.40. The number of anilines is 1. The van der Waals surface area contributed by atoms with Gasteiger partial charge in [0, 0.05) is 32.5 Å². The number of hydrogen-bond donors (Lipinski definition) is 2. The summed E-state index contributed by atoms with van der Waals surface area (Å²) in [5, 5.41) is 2.87. The third-order valence-electron chi connectivity index (χ3n) is 3.51. The molecule has 7 heteroatoms. The number of pyridine rings is 1. The van der Waals surface area contributed by atoms with E-state index in [4.69, 9.17) is 0 Å². The van der Waals surface area contributed by atoms with Crippen LogP contribution in [0.5, 0.6) is 0 Å². The number of sulfonamides is 1. The van der Waals surface area contributed by atoms with Gasteiger partial charge in [-0.05, 0) is 32.0 Å². The molecule has 0 radical (unpaired) electrons. The van der Waals surface area contributed by atoms with E-state index in [0.29, 0.717) is 12.2 Å². The standard InChI is InChI=1S/C13H22N4O2S/c1-14-12-5-6-15-11-13(12)20(18,19)16-7-10-17-8-3-2-4-9-17/h5-6,11,16H,2-4,7-10H2,1H3,(H,14,15). The molecule has 0 aliphatic carbocycles. The summed E-state index contributed by atoms with van der Waals surface area (Å²) in [5.41, 5.74) is 0.561. The predicted molar refractivity (Wildman–Crippen MR) is 79.3 cm³/mol. The van der Waals surface area contributed by atoms with Crippen LogP contribution in [-0.4, -0.2) is 51.5 Å².